The van der Waals surface area contributed by atoms with Gasteiger partial charge in [0, 0.05) is 19.5 Å². The summed E-state index contributed by atoms with van der Waals surface area (Å²) >= 11 is 0. The second kappa shape index (κ2) is 6.86. The highest BCUT2D eigenvalue weighted by atomic mass is 16.2. The Morgan fingerprint density at radius 1 is 1.16 bits per heavy atom. The fourth-order valence-corrected chi connectivity index (χ4v) is 3.54. The van der Waals surface area contributed by atoms with E-state index in [0.29, 0.717) is 32.4 Å². The number of amides is 4. The Balaban J connectivity index is 1.67. The van der Waals surface area contributed by atoms with Crippen molar-refractivity contribution < 1.29 is 14.4 Å². The number of benzene rings is 1. The predicted molar refractivity (Wildman–Crippen MR) is 93.7 cm³/mol. The fourth-order valence-electron chi connectivity index (χ4n) is 3.54. The molecule has 0 aromatic heterocycles. The zero-order chi connectivity index (χ0) is 18.0. The number of piperidine rings is 1. The molecular weight excluding hydrogens is 318 g/mol. The zero-order valence-electron chi connectivity index (χ0n) is 14.9. The molecule has 134 valence electrons. The summed E-state index contributed by atoms with van der Waals surface area (Å²) in [6.07, 6.45) is 2.32. The normalized spacial score (nSPS) is 19.4. The van der Waals surface area contributed by atoms with Crippen LogP contribution in [-0.2, 0) is 16.1 Å². The molecular formula is C19H25N3O3. The van der Waals surface area contributed by atoms with Crippen LogP contribution in [-0.4, -0.2) is 46.3 Å². The molecule has 2 aliphatic rings. The molecule has 25 heavy (non-hydrogen) atoms. The van der Waals surface area contributed by atoms with Crippen molar-refractivity contribution in [2.24, 2.45) is 0 Å². The molecule has 4 amide bonds. The molecule has 0 unspecified atom stereocenters. The number of imide groups is 1. The number of nitrogens with one attached hydrogen (secondary N) is 1. The standard InChI is InChI=1S/C19H25N3O3/c1-3-4-16(23)21-11-9-19(10-12-21)17(24)22(18(25)20-19)13-15-7-5-14(2)6-8-15/h5-8H,3-4,9-13H2,1-2H3,(H,20,25). The number of hydrogen-bond donors (Lipinski definition) is 1. The first kappa shape index (κ1) is 17.5. The Morgan fingerprint density at radius 2 is 1.80 bits per heavy atom. The van der Waals surface area contributed by atoms with Crippen LogP contribution in [0.3, 0.4) is 0 Å². The van der Waals surface area contributed by atoms with E-state index >= 15 is 0 Å². The number of likely N-dealkylation sites (tertiary alicyclic amines) is 1. The van der Waals surface area contributed by atoms with Gasteiger partial charge in [0.05, 0.1) is 6.54 Å². The van der Waals surface area contributed by atoms with Crippen molar-refractivity contribution >= 4 is 17.8 Å². The molecule has 0 saturated carbocycles. The van der Waals surface area contributed by atoms with E-state index in [0.717, 1.165) is 17.5 Å². The molecule has 1 aromatic carbocycles. The minimum absolute atomic E-state index is 0.130. The third-order valence-electron chi connectivity index (χ3n) is 5.14. The maximum atomic E-state index is 12.9. The van der Waals surface area contributed by atoms with Gasteiger partial charge in [0.1, 0.15) is 5.54 Å². The summed E-state index contributed by atoms with van der Waals surface area (Å²) in [6, 6.07) is 7.49. The zero-order valence-corrected chi connectivity index (χ0v) is 14.9. The summed E-state index contributed by atoms with van der Waals surface area (Å²) in [7, 11) is 0. The van der Waals surface area contributed by atoms with Gasteiger partial charge in [-0.15, -0.1) is 0 Å². The van der Waals surface area contributed by atoms with Crippen LogP contribution in [0.15, 0.2) is 24.3 Å². The largest absolute Gasteiger partial charge is 0.342 e. The molecule has 1 N–H and O–H groups in total. The quantitative estimate of drug-likeness (QED) is 0.852. The van der Waals surface area contributed by atoms with Crippen LogP contribution in [0.5, 0.6) is 0 Å². The van der Waals surface area contributed by atoms with Crippen molar-refractivity contribution in [3.05, 3.63) is 35.4 Å². The van der Waals surface area contributed by atoms with Gasteiger partial charge in [-0.05, 0) is 31.7 Å². The van der Waals surface area contributed by atoms with Gasteiger partial charge in [0.2, 0.25) is 5.91 Å². The lowest BCUT2D eigenvalue weighted by atomic mass is 9.87. The highest BCUT2D eigenvalue weighted by Gasteiger charge is 2.52. The maximum absolute atomic E-state index is 12.9. The minimum atomic E-state index is -0.842. The van der Waals surface area contributed by atoms with Gasteiger partial charge in [0.15, 0.2) is 0 Å². The van der Waals surface area contributed by atoms with Crippen molar-refractivity contribution in [2.45, 2.75) is 51.6 Å². The molecule has 3 rings (SSSR count). The number of carbonyl (C=O) groups excluding carboxylic acids is 3. The van der Waals surface area contributed by atoms with Crippen molar-refractivity contribution in [2.75, 3.05) is 13.1 Å². The Kier molecular flexibility index (Phi) is 4.79. The van der Waals surface area contributed by atoms with E-state index in [9.17, 15) is 14.4 Å². The molecule has 1 aromatic rings. The number of hydrogen-bond acceptors (Lipinski definition) is 3. The highest BCUT2D eigenvalue weighted by Crippen LogP contribution is 2.30. The van der Waals surface area contributed by atoms with Gasteiger partial charge in [-0.1, -0.05) is 36.8 Å². The summed E-state index contributed by atoms with van der Waals surface area (Å²) < 4.78 is 0. The van der Waals surface area contributed by atoms with Crippen LogP contribution in [0, 0.1) is 6.92 Å². The lowest BCUT2D eigenvalue weighted by molar-refractivity contribution is -0.138. The molecule has 2 heterocycles. The van der Waals surface area contributed by atoms with Gasteiger partial charge in [0.25, 0.3) is 5.91 Å². The van der Waals surface area contributed by atoms with Crippen LogP contribution in [0.2, 0.25) is 0 Å². The van der Waals surface area contributed by atoms with E-state index in [2.05, 4.69) is 5.32 Å². The number of rotatable bonds is 4. The third kappa shape index (κ3) is 3.38. The maximum Gasteiger partial charge on any atom is 0.325 e. The topological polar surface area (TPSA) is 69.7 Å². The van der Waals surface area contributed by atoms with Crippen molar-refractivity contribution in [1.82, 2.24) is 15.1 Å². The summed E-state index contributed by atoms with van der Waals surface area (Å²) in [5.74, 6) is -0.0358. The van der Waals surface area contributed by atoms with E-state index in [1.54, 1.807) is 4.90 Å². The average Bonchev–Trinajstić information content (AvgIpc) is 2.82. The summed E-state index contributed by atoms with van der Waals surface area (Å²) in [5, 5.41) is 2.89. The molecule has 6 nitrogen and oxygen atoms in total. The highest BCUT2D eigenvalue weighted by molar-refractivity contribution is 6.07. The molecule has 2 saturated heterocycles. The molecule has 2 fully saturated rings. The van der Waals surface area contributed by atoms with Gasteiger partial charge < -0.3 is 10.2 Å². The molecule has 2 aliphatic heterocycles. The number of nitrogens with zero attached hydrogens (tertiary/aromatic N) is 2. The molecule has 0 atom stereocenters. The van der Waals surface area contributed by atoms with Crippen molar-refractivity contribution in [3.8, 4) is 0 Å². The van der Waals surface area contributed by atoms with E-state index in [-0.39, 0.29) is 24.4 Å². The SMILES string of the molecule is CCCC(=O)N1CCC2(CC1)NC(=O)N(Cc1ccc(C)cc1)C2=O. The van der Waals surface area contributed by atoms with Gasteiger partial charge >= 0.3 is 6.03 Å². The average molecular weight is 343 g/mol. The predicted octanol–water partition coefficient (Wildman–Crippen LogP) is 2.21. The molecule has 0 aliphatic carbocycles. The Hall–Kier alpha value is -2.37. The van der Waals surface area contributed by atoms with E-state index in [1.165, 1.54) is 4.90 Å². The Bertz CT molecular complexity index is 676. The lowest BCUT2D eigenvalue weighted by Crippen LogP contribution is -2.55. The Morgan fingerprint density at radius 3 is 2.40 bits per heavy atom. The molecule has 1 spiro atoms. The van der Waals surface area contributed by atoms with Crippen LogP contribution in [0.4, 0.5) is 4.79 Å². The summed E-state index contributed by atoms with van der Waals surface area (Å²) in [6.45, 7) is 5.30. The lowest BCUT2D eigenvalue weighted by Gasteiger charge is -2.37. The molecule has 6 heteroatoms. The van der Waals surface area contributed by atoms with Gasteiger partial charge in [-0.25, -0.2) is 4.79 Å². The minimum Gasteiger partial charge on any atom is -0.342 e. The van der Waals surface area contributed by atoms with Gasteiger partial charge in [-0.2, -0.15) is 0 Å². The van der Waals surface area contributed by atoms with Crippen LogP contribution in [0.1, 0.15) is 43.7 Å². The Labute approximate surface area is 148 Å². The second-order valence-corrected chi connectivity index (χ2v) is 7.02. The first-order chi connectivity index (χ1) is 11.9. The number of urea groups is 1. The van der Waals surface area contributed by atoms with E-state index in [1.807, 2.05) is 38.1 Å². The monoisotopic (exact) mass is 343 g/mol. The van der Waals surface area contributed by atoms with Crippen molar-refractivity contribution in [1.29, 1.82) is 0 Å². The third-order valence-corrected chi connectivity index (χ3v) is 5.14. The van der Waals surface area contributed by atoms with E-state index < -0.39 is 5.54 Å². The summed E-state index contributed by atoms with van der Waals surface area (Å²) in [4.78, 5) is 40.4. The van der Waals surface area contributed by atoms with Crippen molar-refractivity contribution in [3.63, 3.8) is 0 Å². The van der Waals surface area contributed by atoms with Crippen LogP contribution in [0.25, 0.3) is 0 Å². The van der Waals surface area contributed by atoms with Gasteiger partial charge in [-0.3, -0.25) is 14.5 Å². The molecule has 0 bridgehead atoms. The van der Waals surface area contributed by atoms with Crippen LogP contribution >= 0.6 is 0 Å². The van der Waals surface area contributed by atoms with E-state index in [4.69, 9.17) is 0 Å². The number of aryl methyl sites for hydroxylation is 1. The first-order valence-corrected chi connectivity index (χ1v) is 8.92. The molecule has 0 radical (unpaired) electrons. The smallest absolute Gasteiger partial charge is 0.325 e. The number of carbonyl (C=O) groups is 3. The second-order valence-electron chi connectivity index (χ2n) is 7.02. The summed E-state index contributed by atoms with van der Waals surface area (Å²) in [5.41, 5.74) is 1.23. The first-order valence-electron chi connectivity index (χ1n) is 8.92. The fraction of sp³-hybridized carbons (Fsp3) is 0.526. The van der Waals surface area contributed by atoms with Crippen LogP contribution < -0.4 is 5.32 Å².